The van der Waals surface area contributed by atoms with E-state index in [0.29, 0.717) is 0 Å². The van der Waals surface area contributed by atoms with E-state index in [1.807, 2.05) is 0 Å². The van der Waals surface area contributed by atoms with E-state index >= 15 is 0 Å². The second-order valence-electron chi connectivity index (χ2n) is 5.14. The SMILES string of the molecule is O=C(CNC(=O)c1ccccc1Cl)NCCS(=O)(=O)c1ccccc1. The molecule has 6 nitrogen and oxygen atoms in total. The van der Waals surface area contributed by atoms with Gasteiger partial charge in [-0.1, -0.05) is 41.9 Å². The summed E-state index contributed by atoms with van der Waals surface area (Å²) in [7, 11) is -3.46. The van der Waals surface area contributed by atoms with E-state index in [0.717, 1.165) is 0 Å². The lowest BCUT2D eigenvalue weighted by Gasteiger charge is -2.08. The standard InChI is InChI=1S/C17H17ClN2O4S/c18-15-9-5-4-8-14(15)17(22)20-12-16(21)19-10-11-25(23,24)13-6-2-1-3-7-13/h1-9H,10-12H2,(H,19,21)(H,20,22). The highest BCUT2D eigenvalue weighted by atomic mass is 35.5. The molecular formula is C17H17ClN2O4S. The zero-order valence-corrected chi connectivity index (χ0v) is 14.8. The van der Waals surface area contributed by atoms with E-state index in [1.54, 1.807) is 42.5 Å². The van der Waals surface area contributed by atoms with Gasteiger partial charge in [-0.05, 0) is 24.3 Å². The van der Waals surface area contributed by atoms with Crippen molar-refractivity contribution in [2.75, 3.05) is 18.8 Å². The Kier molecular flexibility index (Phi) is 6.55. The Morgan fingerprint density at radius 1 is 0.920 bits per heavy atom. The average Bonchev–Trinajstić information content (AvgIpc) is 2.60. The van der Waals surface area contributed by atoms with Crippen molar-refractivity contribution in [3.63, 3.8) is 0 Å². The van der Waals surface area contributed by atoms with E-state index in [2.05, 4.69) is 10.6 Å². The van der Waals surface area contributed by atoms with Crippen LogP contribution in [0.2, 0.25) is 5.02 Å². The van der Waals surface area contributed by atoms with Crippen molar-refractivity contribution in [2.24, 2.45) is 0 Å². The highest BCUT2D eigenvalue weighted by molar-refractivity contribution is 7.91. The maximum atomic E-state index is 12.1. The normalized spacial score (nSPS) is 10.9. The third kappa shape index (κ3) is 5.58. The molecule has 0 unspecified atom stereocenters. The van der Waals surface area contributed by atoms with Gasteiger partial charge >= 0.3 is 0 Å². The summed E-state index contributed by atoms with van der Waals surface area (Å²) < 4.78 is 24.1. The summed E-state index contributed by atoms with van der Waals surface area (Å²) in [4.78, 5) is 23.9. The van der Waals surface area contributed by atoms with Gasteiger partial charge in [-0.15, -0.1) is 0 Å². The third-order valence-electron chi connectivity index (χ3n) is 3.32. The first-order chi connectivity index (χ1) is 11.9. The van der Waals surface area contributed by atoms with Crippen LogP contribution in [0.5, 0.6) is 0 Å². The molecule has 0 saturated heterocycles. The van der Waals surface area contributed by atoms with Gasteiger partial charge in [-0.3, -0.25) is 9.59 Å². The predicted molar refractivity (Wildman–Crippen MR) is 95.3 cm³/mol. The van der Waals surface area contributed by atoms with Crippen molar-refractivity contribution in [3.8, 4) is 0 Å². The molecule has 0 spiro atoms. The third-order valence-corrected chi connectivity index (χ3v) is 5.38. The first-order valence-electron chi connectivity index (χ1n) is 7.47. The van der Waals surface area contributed by atoms with Crippen LogP contribution in [0.3, 0.4) is 0 Å². The van der Waals surface area contributed by atoms with Crippen LogP contribution in [-0.2, 0) is 14.6 Å². The first kappa shape index (κ1) is 19.0. The number of sulfone groups is 1. The Hall–Kier alpha value is -2.38. The fourth-order valence-electron chi connectivity index (χ4n) is 2.03. The van der Waals surface area contributed by atoms with Gasteiger partial charge in [-0.25, -0.2) is 8.42 Å². The minimum absolute atomic E-state index is 0.0436. The number of nitrogens with one attached hydrogen (secondary N) is 2. The molecule has 25 heavy (non-hydrogen) atoms. The van der Waals surface area contributed by atoms with Crippen LogP contribution in [0.4, 0.5) is 0 Å². The van der Waals surface area contributed by atoms with Gasteiger partial charge in [0, 0.05) is 6.54 Å². The molecule has 0 bridgehead atoms. The van der Waals surface area contributed by atoms with E-state index in [1.165, 1.54) is 12.1 Å². The van der Waals surface area contributed by atoms with Crippen LogP contribution in [0.25, 0.3) is 0 Å². The average molecular weight is 381 g/mol. The number of hydrogen-bond acceptors (Lipinski definition) is 4. The van der Waals surface area contributed by atoms with E-state index in [4.69, 9.17) is 11.6 Å². The molecule has 2 aromatic rings. The van der Waals surface area contributed by atoms with Crippen LogP contribution in [0, 0.1) is 0 Å². The van der Waals surface area contributed by atoms with Crippen LogP contribution >= 0.6 is 11.6 Å². The van der Waals surface area contributed by atoms with Crippen molar-refractivity contribution in [1.82, 2.24) is 10.6 Å². The molecule has 2 aromatic carbocycles. The summed E-state index contributed by atoms with van der Waals surface area (Å²) >= 11 is 5.90. The fraction of sp³-hybridized carbons (Fsp3) is 0.176. The lowest BCUT2D eigenvalue weighted by Crippen LogP contribution is -2.38. The maximum absolute atomic E-state index is 12.1. The largest absolute Gasteiger partial charge is 0.354 e. The summed E-state index contributed by atoms with van der Waals surface area (Å²) in [6.07, 6.45) is 0. The Labute approximate surface area is 151 Å². The molecule has 8 heteroatoms. The number of amides is 2. The summed E-state index contributed by atoms with van der Waals surface area (Å²) in [5.74, 6) is -1.18. The van der Waals surface area contributed by atoms with Crippen molar-refractivity contribution in [2.45, 2.75) is 4.90 Å². The minimum Gasteiger partial charge on any atom is -0.354 e. The highest BCUT2D eigenvalue weighted by Crippen LogP contribution is 2.14. The Bertz CT molecular complexity index is 854. The van der Waals surface area contributed by atoms with Gasteiger partial charge in [0.25, 0.3) is 5.91 Å². The van der Waals surface area contributed by atoms with Crippen molar-refractivity contribution >= 4 is 33.3 Å². The molecule has 0 atom stereocenters. The quantitative estimate of drug-likeness (QED) is 0.764. The van der Waals surface area contributed by atoms with E-state index in [-0.39, 0.29) is 34.3 Å². The molecule has 0 saturated carbocycles. The second kappa shape index (κ2) is 8.64. The van der Waals surface area contributed by atoms with E-state index in [9.17, 15) is 18.0 Å². The fourth-order valence-corrected chi connectivity index (χ4v) is 3.43. The highest BCUT2D eigenvalue weighted by Gasteiger charge is 2.15. The van der Waals surface area contributed by atoms with Crippen LogP contribution in [0.15, 0.2) is 59.5 Å². The Balaban J connectivity index is 1.78. The molecular weight excluding hydrogens is 364 g/mol. The molecule has 0 aromatic heterocycles. The zero-order valence-electron chi connectivity index (χ0n) is 13.2. The van der Waals surface area contributed by atoms with Crippen LogP contribution in [-0.4, -0.2) is 39.1 Å². The molecule has 132 valence electrons. The molecule has 2 amide bonds. The molecule has 2 N–H and O–H groups in total. The Morgan fingerprint density at radius 3 is 2.24 bits per heavy atom. The second-order valence-corrected chi connectivity index (χ2v) is 7.66. The molecule has 0 fully saturated rings. The molecule has 0 aliphatic carbocycles. The smallest absolute Gasteiger partial charge is 0.253 e. The minimum atomic E-state index is -3.46. The van der Waals surface area contributed by atoms with E-state index < -0.39 is 21.7 Å². The predicted octanol–water partition coefficient (Wildman–Crippen LogP) is 1.66. The molecule has 0 aliphatic heterocycles. The van der Waals surface area contributed by atoms with Crippen LogP contribution in [0.1, 0.15) is 10.4 Å². The molecule has 0 radical (unpaired) electrons. The molecule has 0 aliphatic rings. The summed E-state index contributed by atoms with van der Waals surface area (Å²) in [6, 6.07) is 14.5. The number of halogens is 1. The lowest BCUT2D eigenvalue weighted by atomic mass is 10.2. The van der Waals surface area contributed by atoms with Gasteiger partial charge in [0.15, 0.2) is 9.84 Å². The van der Waals surface area contributed by atoms with Crippen LogP contribution < -0.4 is 10.6 Å². The number of benzene rings is 2. The van der Waals surface area contributed by atoms with Crippen molar-refractivity contribution in [1.29, 1.82) is 0 Å². The molecule has 0 heterocycles. The number of carbonyl (C=O) groups excluding carboxylic acids is 2. The topological polar surface area (TPSA) is 92.3 Å². The lowest BCUT2D eigenvalue weighted by molar-refractivity contribution is -0.120. The first-order valence-corrected chi connectivity index (χ1v) is 9.50. The van der Waals surface area contributed by atoms with Gasteiger partial charge in [0.1, 0.15) is 0 Å². The van der Waals surface area contributed by atoms with Gasteiger partial charge in [-0.2, -0.15) is 0 Å². The Morgan fingerprint density at radius 2 is 1.56 bits per heavy atom. The maximum Gasteiger partial charge on any atom is 0.253 e. The van der Waals surface area contributed by atoms with Gasteiger partial charge in [0.2, 0.25) is 5.91 Å². The monoisotopic (exact) mass is 380 g/mol. The summed E-state index contributed by atoms with van der Waals surface area (Å²) in [6.45, 7) is -0.312. The number of rotatable bonds is 7. The number of carbonyl (C=O) groups is 2. The summed E-state index contributed by atoms with van der Waals surface area (Å²) in [5.41, 5.74) is 0.267. The summed E-state index contributed by atoms with van der Waals surface area (Å²) in [5, 5.41) is 5.18. The van der Waals surface area contributed by atoms with Crippen molar-refractivity contribution < 1.29 is 18.0 Å². The van der Waals surface area contributed by atoms with Gasteiger partial charge in [0.05, 0.1) is 27.8 Å². The molecule has 2 rings (SSSR count). The number of hydrogen-bond donors (Lipinski definition) is 2. The zero-order chi connectivity index (χ0) is 18.3. The van der Waals surface area contributed by atoms with Gasteiger partial charge < -0.3 is 10.6 Å². The van der Waals surface area contributed by atoms with Crippen molar-refractivity contribution in [3.05, 3.63) is 65.2 Å².